The van der Waals surface area contributed by atoms with Gasteiger partial charge in [-0.15, -0.1) is 0 Å². The van der Waals surface area contributed by atoms with Crippen molar-refractivity contribution in [1.29, 1.82) is 0 Å². The van der Waals surface area contributed by atoms with E-state index in [0.29, 0.717) is 25.1 Å². The number of nitrogens with zero attached hydrogens (tertiary/aromatic N) is 2. The standard InChI is InChI=1S/C18H22FN3O4S/c1-11-6-7-16(15(19)9-11)20-18(23)14-5-4-8-22(10-14)27(24,25)17-12(2)21-26-13(17)3/h6-7,9,14H,4-5,8,10H2,1-3H3,(H,20,23). The van der Waals surface area contributed by atoms with Crippen LogP contribution in [0, 0.1) is 32.5 Å². The fourth-order valence-electron chi connectivity index (χ4n) is 3.30. The zero-order chi connectivity index (χ0) is 19.8. The fourth-order valence-corrected chi connectivity index (χ4v) is 5.12. The second-order valence-electron chi connectivity index (χ2n) is 6.83. The van der Waals surface area contributed by atoms with Crippen LogP contribution in [-0.4, -0.2) is 36.9 Å². The Hall–Kier alpha value is -2.26. The van der Waals surface area contributed by atoms with Crippen LogP contribution < -0.4 is 5.32 Å². The van der Waals surface area contributed by atoms with Crippen LogP contribution in [0.25, 0.3) is 0 Å². The molecule has 0 bridgehead atoms. The van der Waals surface area contributed by atoms with Crippen LogP contribution in [0.4, 0.5) is 10.1 Å². The smallest absolute Gasteiger partial charge is 0.248 e. The minimum absolute atomic E-state index is 0.0334. The summed E-state index contributed by atoms with van der Waals surface area (Å²) in [6, 6.07) is 4.54. The van der Waals surface area contributed by atoms with Gasteiger partial charge in [-0.05, 0) is 51.3 Å². The minimum atomic E-state index is -3.81. The molecule has 2 aromatic rings. The van der Waals surface area contributed by atoms with E-state index in [2.05, 4.69) is 10.5 Å². The number of aromatic nitrogens is 1. The first-order valence-electron chi connectivity index (χ1n) is 8.70. The summed E-state index contributed by atoms with van der Waals surface area (Å²) in [7, 11) is -3.81. The number of amides is 1. The van der Waals surface area contributed by atoms with Crippen LogP contribution in [0.3, 0.4) is 0 Å². The summed E-state index contributed by atoms with van der Waals surface area (Å²) in [5, 5.41) is 6.27. The molecule has 1 saturated heterocycles. The van der Waals surface area contributed by atoms with Gasteiger partial charge in [0, 0.05) is 13.1 Å². The highest BCUT2D eigenvalue weighted by molar-refractivity contribution is 7.89. The Morgan fingerprint density at radius 3 is 2.70 bits per heavy atom. The summed E-state index contributed by atoms with van der Waals surface area (Å²) in [5.41, 5.74) is 1.14. The van der Waals surface area contributed by atoms with Crippen molar-refractivity contribution in [3.63, 3.8) is 0 Å². The van der Waals surface area contributed by atoms with Crippen molar-refractivity contribution in [2.45, 2.75) is 38.5 Å². The van der Waals surface area contributed by atoms with Crippen molar-refractivity contribution in [2.24, 2.45) is 5.92 Å². The largest absolute Gasteiger partial charge is 0.360 e. The van der Waals surface area contributed by atoms with Gasteiger partial charge < -0.3 is 9.84 Å². The van der Waals surface area contributed by atoms with E-state index >= 15 is 0 Å². The molecule has 1 fully saturated rings. The first-order valence-corrected chi connectivity index (χ1v) is 10.1. The van der Waals surface area contributed by atoms with E-state index in [1.165, 1.54) is 16.4 Å². The van der Waals surface area contributed by atoms with E-state index in [-0.39, 0.29) is 22.9 Å². The lowest BCUT2D eigenvalue weighted by molar-refractivity contribution is -0.120. The molecule has 0 saturated carbocycles. The van der Waals surface area contributed by atoms with Gasteiger partial charge in [-0.2, -0.15) is 4.31 Å². The molecular weight excluding hydrogens is 373 g/mol. The Morgan fingerprint density at radius 1 is 1.33 bits per heavy atom. The maximum atomic E-state index is 14.0. The maximum Gasteiger partial charge on any atom is 0.248 e. The average Bonchev–Trinajstić information content (AvgIpc) is 2.96. The predicted octanol–water partition coefficient (Wildman–Crippen LogP) is 2.78. The van der Waals surface area contributed by atoms with E-state index in [0.717, 1.165) is 5.56 Å². The van der Waals surface area contributed by atoms with Crippen LogP contribution in [0.5, 0.6) is 0 Å². The second-order valence-corrected chi connectivity index (χ2v) is 8.70. The molecule has 1 aliphatic rings. The van der Waals surface area contributed by atoms with Gasteiger partial charge in [0.05, 0.1) is 11.6 Å². The molecular formula is C18H22FN3O4S. The number of aryl methyl sites for hydroxylation is 3. The number of carbonyl (C=O) groups excluding carboxylic acids is 1. The molecule has 9 heteroatoms. The number of halogens is 1. The van der Waals surface area contributed by atoms with Crippen LogP contribution >= 0.6 is 0 Å². The highest BCUT2D eigenvalue weighted by Crippen LogP contribution is 2.28. The summed E-state index contributed by atoms with van der Waals surface area (Å²) >= 11 is 0. The van der Waals surface area contributed by atoms with Gasteiger partial charge >= 0.3 is 0 Å². The summed E-state index contributed by atoms with van der Waals surface area (Å²) in [6.07, 6.45) is 1.07. The number of rotatable bonds is 4. The summed E-state index contributed by atoms with van der Waals surface area (Å²) in [5.74, 6) is -1.24. The number of benzene rings is 1. The van der Waals surface area contributed by atoms with E-state index in [1.54, 1.807) is 26.8 Å². The van der Waals surface area contributed by atoms with Gasteiger partial charge in [-0.1, -0.05) is 11.2 Å². The number of sulfonamides is 1. The molecule has 0 radical (unpaired) electrons. The molecule has 2 heterocycles. The van der Waals surface area contributed by atoms with Gasteiger partial charge in [0.1, 0.15) is 16.4 Å². The SMILES string of the molecule is Cc1ccc(NC(=O)C2CCCN(S(=O)(=O)c3c(C)noc3C)C2)c(F)c1. The minimum Gasteiger partial charge on any atom is -0.360 e. The molecule has 1 amide bonds. The summed E-state index contributed by atoms with van der Waals surface area (Å²) < 4.78 is 46.1. The molecule has 0 aliphatic carbocycles. The third-order valence-corrected chi connectivity index (χ3v) is 6.81. The van der Waals surface area contributed by atoms with Gasteiger partial charge in [0.25, 0.3) is 0 Å². The highest BCUT2D eigenvalue weighted by atomic mass is 32.2. The highest BCUT2D eigenvalue weighted by Gasteiger charge is 2.36. The summed E-state index contributed by atoms with van der Waals surface area (Å²) in [6.45, 7) is 5.22. The van der Waals surface area contributed by atoms with E-state index < -0.39 is 27.7 Å². The third-order valence-electron chi connectivity index (χ3n) is 4.70. The molecule has 146 valence electrons. The van der Waals surface area contributed by atoms with E-state index in [9.17, 15) is 17.6 Å². The molecule has 1 aliphatic heterocycles. The van der Waals surface area contributed by atoms with E-state index in [4.69, 9.17) is 4.52 Å². The number of nitrogens with one attached hydrogen (secondary N) is 1. The van der Waals surface area contributed by atoms with Crippen molar-refractivity contribution >= 4 is 21.6 Å². The number of hydrogen-bond donors (Lipinski definition) is 1. The molecule has 7 nitrogen and oxygen atoms in total. The zero-order valence-corrected chi connectivity index (χ0v) is 16.3. The van der Waals surface area contributed by atoms with Gasteiger partial charge in [-0.25, -0.2) is 12.8 Å². The zero-order valence-electron chi connectivity index (χ0n) is 15.5. The Morgan fingerprint density at radius 2 is 2.07 bits per heavy atom. The second kappa shape index (κ2) is 7.40. The monoisotopic (exact) mass is 395 g/mol. The molecule has 3 rings (SSSR count). The van der Waals surface area contributed by atoms with E-state index in [1.807, 2.05) is 0 Å². The van der Waals surface area contributed by atoms with Gasteiger partial charge in [0.2, 0.25) is 15.9 Å². The molecule has 1 aromatic heterocycles. The molecule has 1 aromatic carbocycles. The normalized spacial score (nSPS) is 18.4. The Bertz CT molecular complexity index is 951. The van der Waals surface area contributed by atoms with Crippen molar-refractivity contribution in [3.05, 3.63) is 41.0 Å². The average molecular weight is 395 g/mol. The van der Waals surface area contributed by atoms with Crippen LogP contribution in [0.2, 0.25) is 0 Å². The van der Waals surface area contributed by atoms with Gasteiger partial charge in [-0.3, -0.25) is 4.79 Å². The molecule has 1 atom stereocenters. The van der Waals surface area contributed by atoms with Crippen molar-refractivity contribution < 1.29 is 22.1 Å². The van der Waals surface area contributed by atoms with Crippen LogP contribution in [0.15, 0.2) is 27.6 Å². The van der Waals surface area contributed by atoms with Crippen molar-refractivity contribution in [3.8, 4) is 0 Å². The van der Waals surface area contributed by atoms with Crippen LogP contribution in [-0.2, 0) is 14.8 Å². The van der Waals surface area contributed by atoms with Crippen molar-refractivity contribution in [2.75, 3.05) is 18.4 Å². The summed E-state index contributed by atoms with van der Waals surface area (Å²) in [4.78, 5) is 12.6. The fraction of sp³-hybridized carbons (Fsp3) is 0.444. The Kier molecular flexibility index (Phi) is 5.34. The number of carbonyl (C=O) groups is 1. The van der Waals surface area contributed by atoms with Crippen LogP contribution in [0.1, 0.15) is 29.9 Å². The third kappa shape index (κ3) is 3.89. The molecule has 0 spiro atoms. The number of hydrogen-bond acceptors (Lipinski definition) is 5. The maximum absolute atomic E-state index is 14.0. The first kappa shape index (κ1) is 19.5. The van der Waals surface area contributed by atoms with Crippen molar-refractivity contribution in [1.82, 2.24) is 9.46 Å². The lowest BCUT2D eigenvalue weighted by Gasteiger charge is -2.31. The topological polar surface area (TPSA) is 92.5 Å². The lowest BCUT2D eigenvalue weighted by Crippen LogP contribution is -2.44. The quantitative estimate of drug-likeness (QED) is 0.859. The Balaban J connectivity index is 1.76. The number of piperidine rings is 1. The molecule has 1 unspecified atom stereocenters. The Labute approximate surface area is 157 Å². The lowest BCUT2D eigenvalue weighted by atomic mass is 9.98. The first-order chi connectivity index (χ1) is 12.7. The molecule has 27 heavy (non-hydrogen) atoms. The number of anilines is 1. The molecule has 1 N–H and O–H groups in total. The van der Waals surface area contributed by atoms with Gasteiger partial charge in [0.15, 0.2) is 5.76 Å². The predicted molar refractivity (Wildman–Crippen MR) is 97.2 cm³/mol.